The predicted octanol–water partition coefficient (Wildman–Crippen LogP) is 4.56. The molecule has 4 heteroatoms. The lowest BCUT2D eigenvalue weighted by Gasteiger charge is -2.60. The Morgan fingerprint density at radius 2 is 2.21 bits per heavy atom. The highest BCUT2D eigenvalue weighted by Crippen LogP contribution is 2.52. The van der Waals surface area contributed by atoms with Crippen LogP contribution in [0.3, 0.4) is 0 Å². The van der Waals surface area contributed by atoms with E-state index in [4.69, 9.17) is 16.3 Å². The van der Waals surface area contributed by atoms with Crippen LogP contribution in [0.5, 0.6) is 0 Å². The number of ether oxygens (including phenoxy) is 1. The van der Waals surface area contributed by atoms with Crippen molar-refractivity contribution in [2.24, 2.45) is 11.3 Å². The molecule has 2 fully saturated rings. The smallest absolute Gasteiger partial charge is 0.0693 e. The van der Waals surface area contributed by atoms with Crippen LogP contribution >= 0.6 is 34.2 Å². The number of hydrogen-bond donors (Lipinski definition) is 1. The molecule has 0 amide bonds. The number of benzene rings is 1. The van der Waals surface area contributed by atoms with Gasteiger partial charge in [-0.2, -0.15) is 0 Å². The molecule has 0 spiro atoms. The summed E-state index contributed by atoms with van der Waals surface area (Å²) in [6, 6.07) is 6.53. The number of hydrogen-bond acceptors (Lipinski definition) is 2. The molecule has 1 heterocycles. The van der Waals surface area contributed by atoms with Gasteiger partial charge in [-0.25, -0.2) is 0 Å². The summed E-state index contributed by atoms with van der Waals surface area (Å²) in [7, 11) is 0. The first-order valence-corrected chi connectivity index (χ1v) is 8.29. The molecule has 104 valence electrons. The maximum absolute atomic E-state index is 6.02. The molecule has 1 aromatic carbocycles. The van der Waals surface area contributed by atoms with Gasteiger partial charge >= 0.3 is 0 Å². The lowest BCUT2D eigenvalue weighted by Crippen LogP contribution is -2.67. The van der Waals surface area contributed by atoms with Crippen LogP contribution in [-0.4, -0.2) is 18.8 Å². The SMILES string of the molecule is CC1(C)C(Nc2ccc(Cl)cc2I)C2CCCOC21. The minimum Gasteiger partial charge on any atom is -0.380 e. The Labute approximate surface area is 133 Å². The zero-order valence-corrected chi connectivity index (χ0v) is 14.2. The largest absolute Gasteiger partial charge is 0.380 e. The van der Waals surface area contributed by atoms with Crippen molar-refractivity contribution in [1.82, 2.24) is 0 Å². The van der Waals surface area contributed by atoms with Crippen molar-refractivity contribution in [1.29, 1.82) is 0 Å². The molecule has 1 aliphatic heterocycles. The van der Waals surface area contributed by atoms with Gasteiger partial charge < -0.3 is 10.1 Å². The summed E-state index contributed by atoms with van der Waals surface area (Å²) >= 11 is 8.36. The van der Waals surface area contributed by atoms with Crippen LogP contribution in [0.15, 0.2) is 18.2 Å². The van der Waals surface area contributed by atoms with Crippen LogP contribution in [0.25, 0.3) is 0 Å². The molecule has 2 aliphatic rings. The van der Waals surface area contributed by atoms with Gasteiger partial charge in [0.05, 0.1) is 6.10 Å². The van der Waals surface area contributed by atoms with E-state index in [1.807, 2.05) is 12.1 Å². The van der Waals surface area contributed by atoms with Gasteiger partial charge in [-0.1, -0.05) is 25.4 Å². The summed E-state index contributed by atoms with van der Waals surface area (Å²) in [5, 5.41) is 4.51. The highest BCUT2D eigenvalue weighted by Gasteiger charge is 2.57. The Hall–Kier alpha value is -0.0000000000000000763. The molecular weight excluding hydrogens is 373 g/mol. The van der Waals surface area contributed by atoms with Crippen molar-refractivity contribution in [3.63, 3.8) is 0 Å². The van der Waals surface area contributed by atoms with E-state index in [9.17, 15) is 0 Å². The maximum Gasteiger partial charge on any atom is 0.0693 e. The second-order valence-electron chi connectivity index (χ2n) is 6.17. The van der Waals surface area contributed by atoms with Crippen LogP contribution in [-0.2, 0) is 4.74 Å². The first-order chi connectivity index (χ1) is 9.00. The summed E-state index contributed by atoms with van der Waals surface area (Å²) in [6.45, 7) is 5.54. The summed E-state index contributed by atoms with van der Waals surface area (Å²) in [5.41, 5.74) is 1.39. The van der Waals surface area contributed by atoms with Crippen LogP contribution in [0.2, 0.25) is 5.02 Å². The van der Waals surface area contributed by atoms with Crippen LogP contribution in [0, 0.1) is 14.9 Å². The molecule has 3 rings (SSSR count). The topological polar surface area (TPSA) is 21.3 Å². The highest BCUT2D eigenvalue weighted by molar-refractivity contribution is 14.1. The van der Waals surface area contributed by atoms with E-state index < -0.39 is 0 Å². The van der Waals surface area contributed by atoms with Crippen molar-refractivity contribution in [3.05, 3.63) is 26.8 Å². The Morgan fingerprint density at radius 3 is 2.95 bits per heavy atom. The summed E-state index contributed by atoms with van der Waals surface area (Å²) in [4.78, 5) is 0. The van der Waals surface area contributed by atoms with Crippen LogP contribution in [0.1, 0.15) is 26.7 Å². The molecular formula is C15H19ClINO. The highest BCUT2D eigenvalue weighted by atomic mass is 127. The van der Waals surface area contributed by atoms with E-state index in [1.54, 1.807) is 0 Å². The molecule has 3 atom stereocenters. The first-order valence-electron chi connectivity index (χ1n) is 6.83. The van der Waals surface area contributed by atoms with Crippen LogP contribution in [0.4, 0.5) is 5.69 Å². The van der Waals surface area contributed by atoms with E-state index in [-0.39, 0.29) is 5.41 Å². The molecule has 3 unspecified atom stereocenters. The number of halogens is 2. The predicted molar refractivity (Wildman–Crippen MR) is 87.8 cm³/mol. The third-order valence-corrected chi connectivity index (χ3v) is 5.70. The third-order valence-electron chi connectivity index (χ3n) is 4.57. The second-order valence-corrected chi connectivity index (χ2v) is 7.76. The Balaban J connectivity index is 1.79. The fourth-order valence-electron chi connectivity index (χ4n) is 3.59. The van der Waals surface area contributed by atoms with Gasteiger partial charge in [0.25, 0.3) is 0 Å². The zero-order valence-electron chi connectivity index (χ0n) is 11.2. The van der Waals surface area contributed by atoms with E-state index in [0.717, 1.165) is 11.6 Å². The van der Waals surface area contributed by atoms with E-state index in [2.05, 4.69) is 47.8 Å². The Bertz CT molecular complexity index is 491. The standard InChI is InChI=1S/C15H19ClINO/c1-15(2)13(10-4-3-7-19-14(10)15)18-12-6-5-9(16)8-11(12)17/h5-6,8,10,13-14,18H,3-4,7H2,1-2H3. The molecule has 1 aromatic rings. The van der Waals surface area contributed by atoms with Gasteiger partial charge in [0.2, 0.25) is 0 Å². The normalized spacial score (nSPS) is 32.3. The minimum absolute atomic E-state index is 0.202. The molecule has 1 aliphatic carbocycles. The second kappa shape index (κ2) is 5.08. The average Bonchev–Trinajstić information content (AvgIpc) is 2.37. The molecule has 0 aromatic heterocycles. The van der Waals surface area contributed by atoms with Gasteiger partial charge in [-0.15, -0.1) is 0 Å². The third kappa shape index (κ3) is 2.38. The van der Waals surface area contributed by atoms with E-state index in [1.165, 1.54) is 22.1 Å². The molecule has 2 nitrogen and oxygen atoms in total. The van der Waals surface area contributed by atoms with Gasteiger partial charge in [-0.3, -0.25) is 0 Å². The molecule has 19 heavy (non-hydrogen) atoms. The number of anilines is 1. The van der Waals surface area contributed by atoms with Gasteiger partial charge in [0.15, 0.2) is 0 Å². The van der Waals surface area contributed by atoms with Crippen molar-refractivity contribution in [2.75, 3.05) is 11.9 Å². The molecule has 0 radical (unpaired) electrons. The monoisotopic (exact) mass is 391 g/mol. The number of rotatable bonds is 2. The van der Waals surface area contributed by atoms with Crippen molar-refractivity contribution in [2.45, 2.75) is 38.8 Å². The fourth-order valence-corrected chi connectivity index (χ4v) is 4.62. The molecule has 1 saturated carbocycles. The lowest BCUT2D eigenvalue weighted by atomic mass is 9.55. The molecule has 1 N–H and O–H groups in total. The molecule has 0 bridgehead atoms. The first kappa shape index (κ1) is 14.0. The van der Waals surface area contributed by atoms with Crippen LogP contribution < -0.4 is 5.32 Å². The Morgan fingerprint density at radius 1 is 1.42 bits per heavy atom. The minimum atomic E-state index is 0.202. The fraction of sp³-hybridized carbons (Fsp3) is 0.600. The number of nitrogens with one attached hydrogen (secondary N) is 1. The maximum atomic E-state index is 6.02. The lowest BCUT2D eigenvalue weighted by molar-refractivity contribution is -0.177. The number of fused-ring (bicyclic) bond motifs is 1. The average molecular weight is 392 g/mol. The van der Waals surface area contributed by atoms with E-state index >= 15 is 0 Å². The summed E-state index contributed by atoms with van der Waals surface area (Å²) < 4.78 is 7.13. The van der Waals surface area contributed by atoms with Gasteiger partial charge in [0.1, 0.15) is 0 Å². The van der Waals surface area contributed by atoms with Gasteiger partial charge in [0, 0.05) is 38.3 Å². The van der Waals surface area contributed by atoms with Crippen molar-refractivity contribution < 1.29 is 4.74 Å². The molecule has 1 saturated heterocycles. The summed E-state index contributed by atoms with van der Waals surface area (Å²) in [6.07, 6.45) is 2.88. The van der Waals surface area contributed by atoms with E-state index in [0.29, 0.717) is 18.1 Å². The summed E-state index contributed by atoms with van der Waals surface area (Å²) in [5.74, 6) is 0.648. The van der Waals surface area contributed by atoms with Crippen molar-refractivity contribution in [3.8, 4) is 0 Å². The quantitative estimate of drug-likeness (QED) is 0.746. The van der Waals surface area contributed by atoms with Crippen molar-refractivity contribution >= 4 is 39.9 Å². The zero-order chi connectivity index (χ0) is 13.6. The van der Waals surface area contributed by atoms with Gasteiger partial charge in [-0.05, 0) is 53.6 Å². The Kier molecular flexibility index (Phi) is 3.73.